The minimum absolute atomic E-state index is 0.299. The van der Waals surface area contributed by atoms with Crippen LogP contribution in [0.4, 0.5) is 32.0 Å². The van der Waals surface area contributed by atoms with E-state index in [4.69, 9.17) is 4.74 Å². The zero-order valence-corrected chi connectivity index (χ0v) is 20.7. The number of methoxy groups -OCH3 is 1. The topological polar surface area (TPSA) is 123 Å². The lowest BCUT2D eigenvalue weighted by molar-refractivity contribution is -0.267. The van der Waals surface area contributed by atoms with E-state index in [1.54, 1.807) is 5.32 Å². The Morgan fingerprint density at radius 2 is 1.41 bits per heavy atom. The highest BCUT2D eigenvalue weighted by atomic mass is 19.4. The van der Waals surface area contributed by atoms with E-state index < -0.39 is 71.7 Å². The highest BCUT2D eigenvalue weighted by molar-refractivity contribution is 5.99. The zero-order chi connectivity index (χ0) is 29.6. The Labute approximate surface area is 218 Å². The van der Waals surface area contributed by atoms with Crippen molar-refractivity contribution in [3.8, 4) is 5.75 Å². The van der Waals surface area contributed by atoms with E-state index in [0.29, 0.717) is 18.2 Å². The SMILES string of the molecule is CCOC(=O)[C@@](NC(=O)c1ccccc1)(Nc1cc([C@](O)(C(=O)OCC)C(F)(F)F)ccc1OC)C(F)(F)F. The van der Waals surface area contributed by atoms with Crippen molar-refractivity contribution in [2.75, 3.05) is 25.6 Å². The van der Waals surface area contributed by atoms with E-state index in [9.17, 15) is 45.8 Å². The summed E-state index contributed by atoms with van der Waals surface area (Å²) in [6.07, 6.45) is -11.3. The molecule has 9 nitrogen and oxygen atoms in total. The van der Waals surface area contributed by atoms with Crippen molar-refractivity contribution in [3.05, 3.63) is 59.7 Å². The molecule has 1 amide bonds. The third kappa shape index (κ3) is 6.19. The molecule has 0 saturated carbocycles. The molecule has 0 bridgehead atoms. The Morgan fingerprint density at radius 3 is 1.90 bits per heavy atom. The lowest BCUT2D eigenvalue weighted by atomic mass is 9.92. The molecule has 0 aliphatic carbocycles. The summed E-state index contributed by atoms with van der Waals surface area (Å²) in [4.78, 5) is 37.7. The number of nitrogens with one attached hydrogen (secondary N) is 2. The molecule has 2 aromatic carbocycles. The molecular formula is C24H24F6N2O7. The molecule has 2 rings (SSSR count). The monoisotopic (exact) mass is 566 g/mol. The molecule has 0 aliphatic heterocycles. The highest BCUT2D eigenvalue weighted by Crippen LogP contribution is 2.43. The number of rotatable bonds is 10. The van der Waals surface area contributed by atoms with Crippen molar-refractivity contribution >= 4 is 23.5 Å². The van der Waals surface area contributed by atoms with Crippen LogP contribution < -0.4 is 15.4 Å². The molecule has 214 valence electrons. The number of halogens is 6. The van der Waals surface area contributed by atoms with Crippen molar-refractivity contribution < 1.29 is 60.0 Å². The van der Waals surface area contributed by atoms with Crippen molar-refractivity contribution in [1.29, 1.82) is 0 Å². The number of amides is 1. The number of carbonyl (C=O) groups excluding carboxylic acids is 3. The van der Waals surface area contributed by atoms with E-state index in [-0.39, 0.29) is 5.56 Å². The van der Waals surface area contributed by atoms with Crippen molar-refractivity contribution in [2.24, 2.45) is 0 Å². The second-order valence-corrected chi connectivity index (χ2v) is 7.76. The smallest absolute Gasteiger partial charge is 0.441 e. The Balaban J connectivity index is 2.78. The normalized spacial score (nSPS) is 14.8. The molecule has 2 atom stereocenters. The largest absolute Gasteiger partial charge is 0.495 e. The molecule has 0 heterocycles. The number of benzene rings is 2. The van der Waals surface area contributed by atoms with E-state index in [0.717, 1.165) is 19.2 Å². The number of hydrogen-bond acceptors (Lipinski definition) is 8. The fourth-order valence-electron chi connectivity index (χ4n) is 3.33. The van der Waals surface area contributed by atoms with Gasteiger partial charge in [0.1, 0.15) is 5.75 Å². The predicted octanol–water partition coefficient (Wildman–Crippen LogP) is 3.67. The number of hydrogen-bond donors (Lipinski definition) is 3. The molecule has 0 saturated heterocycles. The van der Waals surface area contributed by atoms with Crippen LogP contribution in [0.2, 0.25) is 0 Å². The second kappa shape index (κ2) is 11.8. The van der Waals surface area contributed by atoms with Crippen LogP contribution in [0, 0.1) is 0 Å². The first-order valence-corrected chi connectivity index (χ1v) is 11.1. The fraction of sp³-hybridized carbons (Fsp3) is 0.375. The molecule has 0 spiro atoms. The Hall–Kier alpha value is -4.01. The molecule has 15 heteroatoms. The fourth-order valence-corrected chi connectivity index (χ4v) is 3.33. The molecule has 0 radical (unpaired) electrons. The molecule has 0 aliphatic rings. The summed E-state index contributed by atoms with van der Waals surface area (Å²) in [6, 6.07) is 8.01. The molecule has 0 aromatic heterocycles. The highest BCUT2D eigenvalue weighted by Gasteiger charge is 2.65. The zero-order valence-electron chi connectivity index (χ0n) is 20.7. The average molecular weight is 566 g/mol. The van der Waals surface area contributed by atoms with Gasteiger partial charge in [-0.05, 0) is 38.1 Å². The van der Waals surface area contributed by atoms with Gasteiger partial charge in [0.25, 0.3) is 11.5 Å². The van der Waals surface area contributed by atoms with Crippen LogP contribution in [-0.2, 0) is 24.7 Å². The van der Waals surface area contributed by atoms with Gasteiger partial charge in [0, 0.05) is 11.1 Å². The summed E-state index contributed by atoms with van der Waals surface area (Å²) in [5.41, 5.74) is -10.9. The van der Waals surface area contributed by atoms with Gasteiger partial charge in [0.2, 0.25) is 0 Å². The van der Waals surface area contributed by atoms with Gasteiger partial charge in [-0.2, -0.15) is 26.3 Å². The van der Waals surface area contributed by atoms with E-state index in [1.807, 2.05) is 0 Å². The minimum Gasteiger partial charge on any atom is -0.495 e. The van der Waals surface area contributed by atoms with E-state index in [1.165, 1.54) is 37.4 Å². The maximum Gasteiger partial charge on any atom is 0.441 e. The predicted molar refractivity (Wildman–Crippen MR) is 123 cm³/mol. The molecule has 39 heavy (non-hydrogen) atoms. The lowest BCUT2D eigenvalue weighted by Gasteiger charge is -2.36. The first-order valence-electron chi connectivity index (χ1n) is 11.1. The van der Waals surface area contributed by atoms with Crippen LogP contribution in [0.1, 0.15) is 29.8 Å². The molecule has 3 N–H and O–H groups in total. The molecule has 2 aromatic rings. The summed E-state index contributed by atoms with van der Waals surface area (Å²) < 4.78 is 99.2. The van der Waals surface area contributed by atoms with Crippen LogP contribution in [-0.4, -0.2) is 61.3 Å². The number of ether oxygens (including phenoxy) is 3. The Kier molecular flexibility index (Phi) is 9.44. The first kappa shape index (κ1) is 31.2. The van der Waals surface area contributed by atoms with Crippen molar-refractivity contribution in [3.63, 3.8) is 0 Å². The van der Waals surface area contributed by atoms with Gasteiger partial charge in [-0.25, -0.2) is 9.59 Å². The number of alkyl halides is 6. The van der Waals surface area contributed by atoms with Crippen LogP contribution in [0.15, 0.2) is 48.5 Å². The minimum atomic E-state index is -5.69. The lowest BCUT2D eigenvalue weighted by Crippen LogP contribution is -2.69. The van der Waals surface area contributed by atoms with E-state index in [2.05, 4.69) is 9.47 Å². The maximum absolute atomic E-state index is 14.6. The van der Waals surface area contributed by atoms with Crippen LogP contribution in [0.3, 0.4) is 0 Å². The third-order valence-corrected chi connectivity index (χ3v) is 5.26. The van der Waals surface area contributed by atoms with Gasteiger partial charge in [-0.3, -0.25) is 4.79 Å². The Morgan fingerprint density at radius 1 is 0.846 bits per heavy atom. The summed E-state index contributed by atoms with van der Waals surface area (Å²) in [5.74, 6) is -6.18. The third-order valence-electron chi connectivity index (χ3n) is 5.26. The second-order valence-electron chi connectivity index (χ2n) is 7.76. The summed E-state index contributed by atoms with van der Waals surface area (Å²) >= 11 is 0. The van der Waals surface area contributed by atoms with Crippen LogP contribution in [0.25, 0.3) is 0 Å². The van der Waals surface area contributed by atoms with Crippen LogP contribution >= 0.6 is 0 Å². The van der Waals surface area contributed by atoms with Gasteiger partial charge in [-0.1, -0.05) is 24.3 Å². The van der Waals surface area contributed by atoms with E-state index >= 15 is 0 Å². The first-order chi connectivity index (χ1) is 18.1. The number of aliphatic hydroxyl groups is 1. The van der Waals surface area contributed by atoms with Crippen LogP contribution in [0.5, 0.6) is 5.75 Å². The molecular weight excluding hydrogens is 542 g/mol. The standard InChI is InChI=1S/C24H24F6N2O7/c1-4-38-19(34)21(36,23(25,26)27)15-11-12-17(37-3)16(13-15)31-22(24(28,29)30,20(35)39-5-2)32-18(33)14-9-7-6-8-10-14/h6-13,31,36H,4-5H2,1-3H3,(H,32,33)/t21-,22-/m0/s1. The van der Waals surface area contributed by atoms with Crippen molar-refractivity contribution in [1.82, 2.24) is 5.32 Å². The van der Waals surface area contributed by atoms with Gasteiger partial charge < -0.3 is 30.0 Å². The van der Waals surface area contributed by atoms with Crippen molar-refractivity contribution in [2.45, 2.75) is 37.5 Å². The summed E-state index contributed by atoms with van der Waals surface area (Å²) in [5, 5.41) is 13.6. The number of carbonyl (C=O) groups is 3. The Bertz CT molecular complexity index is 1190. The number of esters is 2. The average Bonchev–Trinajstić information content (AvgIpc) is 2.87. The van der Waals surface area contributed by atoms with Gasteiger partial charge in [-0.15, -0.1) is 0 Å². The van der Waals surface area contributed by atoms with Gasteiger partial charge >= 0.3 is 30.0 Å². The molecule has 0 fully saturated rings. The van der Waals surface area contributed by atoms with Gasteiger partial charge in [0.15, 0.2) is 0 Å². The summed E-state index contributed by atoms with van der Waals surface area (Å²) in [7, 11) is 0.948. The summed E-state index contributed by atoms with van der Waals surface area (Å²) in [6.45, 7) is 1.21. The van der Waals surface area contributed by atoms with Gasteiger partial charge in [0.05, 0.1) is 26.0 Å². The quantitative estimate of drug-likeness (QED) is 0.226. The maximum atomic E-state index is 14.6. The molecule has 0 unspecified atom stereocenters. The number of anilines is 1.